The second-order valence-electron chi connectivity index (χ2n) is 12.5. The summed E-state index contributed by atoms with van der Waals surface area (Å²) in [5.74, 6) is 0. The van der Waals surface area contributed by atoms with Crippen LogP contribution in [-0.2, 0) is 6.54 Å². The van der Waals surface area contributed by atoms with Crippen molar-refractivity contribution in [1.29, 1.82) is 0 Å². The maximum absolute atomic E-state index is 6.64. The topological polar surface area (TPSA) is 61.9 Å². The molecule has 0 spiro atoms. The van der Waals surface area contributed by atoms with Crippen molar-refractivity contribution in [2.24, 2.45) is 11.5 Å². The van der Waals surface area contributed by atoms with Gasteiger partial charge in [-0.15, -0.1) is 0 Å². The van der Waals surface area contributed by atoms with Crippen molar-refractivity contribution < 1.29 is 0 Å². The highest BCUT2D eigenvalue weighted by molar-refractivity contribution is 6.12. The van der Waals surface area contributed by atoms with Gasteiger partial charge in [-0.2, -0.15) is 0 Å². The molecule has 0 amide bonds. The van der Waals surface area contributed by atoms with Crippen LogP contribution in [0.25, 0.3) is 60.4 Å². The number of benzene rings is 5. The van der Waals surface area contributed by atoms with Crippen LogP contribution in [-0.4, -0.2) is 9.13 Å². The molecular formula is C44H38N4. The van der Waals surface area contributed by atoms with E-state index in [1.54, 1.807) is 6.20 Å². The van der Waals surface area contributed by atoms with Crippen LogP contribution in [0, 0.1) is 0 Å². The lowest BCUT2D eigenvalue weighted by atomic mass is 9.96. The highest BCUT2D eigenvalue weighted by Gasteiger charge is 2.26. The third kappa shape index (κ3) is 4.44. The molecule has 2 aromatic heterocycles. The number of fused-ring (bicyclic) bond motifs is 6. The Bertz CT molecular complexity index is 2560. The van der Waals surface area contributed by atoms with Crippen LogP contribution in [0.2, 0.25) is 0 Å². The Labute approximate surface area is 280 Å². The molecule has 0 radical (unpaired) electrons. The number of rotatable bonds is 6. The highest BCUT2D eigenvalue weighted by atomic mass is 15.0. The van der Waals surface area contributed by atoms with Gasteiger partial charge in [-0.3, -0.25) is 0 Å². The summed E-state index contributed by atoms with van der Waals surface area (Å²) < 4.78 is 4.81. The van der Waals surface area contributed by atoms with Gasteiger partial charge >= 0.3 is 0 Å². The standard InChI is InChI=1S/C44H38N4/c1-4-13-33-28(3)43(38(26-45)44(33)46)29(5-2)27-47-39-18-11-9-16-34(39)36-22-20-31(25-42(36)47)30-21-23-41-37(24-30)35-17-10-12-19-40(35)48(41)32-14-7-6-8-15-32/h4-26H,27,45-46H2,1-3H3/b13-4-,29-5-,38-26+. The van der Waals surface area contributed by atoms with Gasteiger partial charge in [0.1, 0.15) is 0 Å². The lowest BCUT2D eigenvalue weighted by Crippen LogP contribution is -2.08. The molecule has 7 aromatic rings. The van der Waals surface area contributed by atoms with E-state index in [-0.39, 0.29) is 0 Å². The Morgan fingerprint density at radius 1 is 0.667 bits per heavy atom. The average molecular weight is 623 g/mol. The molecule has 0 unspecified atom stereocenters. The summed E-state index contributed by atoms with van der Waals surface area (Å²) in [5, 5.41) is 4.98. The van der Waals surface area contributed by atoms with Gasteiger partial charge in [0.15, 0.2) is 0 Å². The second kappa shape index (κ2) is 11.7. The molecule has 2 heterocycles. The Morgan fingerprint density at radius 2 is 1.29 bits per heavy atom. The molecule has 0 atom stereocenters. The summed E-state index contributed by atoms with van der Waals surface area (Å²) in [6.07, 6.45) is 7.97. The van der Waals surface area contributed by atoms with Gasteiger partial charge in [-0.25, -0.2) is 0 Å². The molecule has 0 aliphatic heterocycles. The second-order valence-corrected chi connectivity index (χ2v) is 12.5. The van der Waals surface area contributed by atoms with Crippen LogP contribution in [0.15, 0.2) is 173 Å². The smallest absolute Gasteiger partial charge is 0.0541 e. The van der Waals surface area contributed by atoms with E-state index in [4.69, 9.17) is 11.5 Å². The van der Waals surface area contributed by atoms with Crippen molar-refractivity contribution >= 4 is 43.6 Å². The lowest BCUT2D eigenvalue weighted by molar-refractivity contribution is 0.854. The van der Waals surface area contributed by atoms with E-state index in [9.17, 15) is 0 Å². The fraction of sp³-hybridized carbons (Fsp3) is 0.0909. The molecule has 0 bridgehead atoms. The molecule has 0 saturated carbocycles. The van der Waals surface area contributed by atoms with E-state index < -0.39 is 0 Å². The summed E-state index contributed by atoms with van der Waals surface area (Å²) in [6.45, 7) is 6.96. The maximum atomic E-state index is 6.64. The fourth-order valence-electron chi connectivity index (χ4n) is 7.68. The van der Waals surface area contributed by atoms with Crippen molar-refractivity contribution in [3.05, 3.63) is 173 Å². The van der Waals surface area contributed by atoms with Crippen LogP contribution in [0.5, 0.6) is 0 Å². The normalized spacial score (nSPS) is 15.1. The first-order chi connectivity index (χ1) is 23.5. The van der Waals surface area contributed by atoms with Gasteiger partial charge in [-0.05, 0) is 91.1 Å². The summed E-state index contributed by atoms with van der Waals surface area (Å²) in [5.41, 5.74) is 27.3. The fourth-order valence-corrected chi connectivity index (χ4v) is 7.68. The van der Waals surface area contributed by atoms with Gasteiger partial charge in [0.2, 0.25) is 0 Å². The van der Waals surface area contributed by atoms with E-state index in [2.05, 4.69) is 150 Å². The average Bonchev–Trinajstić information content (AvgIpc) is 3.71. The van der Waals surface area contributed by atoms with Crippen molar-refractivity contribution in [2.45, 2.75) is 27.3 Å². The van der Waals surface area contributed by atoms with Gasteiger partial charge in [0.25, 0.3) is 0 Å². The molecule has 5 aromatic carbocycles. The summed E-state index contributed by atoms with van der Waals surface area (Å²) >= 11 is 0. The largest absolute Gasteiger partial charge is 0.404 e. The van der Waals surface area contributed by atoms with Crippen LogP contribution in [0.4, 0.5) is 0 Å². The molecular weight excluding hydrogens is 585 g/mol. The SMILES string of the molecule is C/C=C\C1=C(N)C(=C/N)/C(/C(=C\C)Cn2c3ccccc3c3ccc(-c4ccc5c(c4)c4ccccc4n5-c4ccccc4)cc32)=C1C. The predicted molar refractivity (Wildman–Crippen MR) is 204 cm³/mol. The molecule has 4 N–H and O–H groups in total. The Kier molecular flexibility index (Phi) is 7.14. The Morgan fingerprint density at radius 3 is 2.02 bits per heavy atom. The first kappa shape index (κ1) is 29.4. The van der Waals surface area contributed by atoms with Crippen molar-refractivity contribution in [3.63, 3.8) is 0 Å². The maximum Gasteiger partial charge on any atom is 0.0541 e. The Hall–Kier alpha value is -6.00. The first-order valence-corrected chi connectivity index (χ1v) is 16.6. The van der Waals surface area contributed by atoms with Gasteiger partial charge in [0, 0.05) is 62.3 Å². The zero-order valence-corrected chi connectivity index (χ0v) is 27.5. The lowest BCUT2D eigenvalue weighted by Gasteiger charge is -2.16. The molecule has 1 aliphatic rings. The molecule has 48 heavy (non-hydrogen) atoms. The number of nitrogens with two attached hydrogens (primary N) is 2. The summed E-state index contributed by atoms with van der Waals surface area (Å²) in [6, 6.07) is 41.8. The molecule has 8 rings (SSSR count). The van der Waals surface area contributed by atoms with Crippen LogP contribution < -0.4 is 11.5 Å². The van der Waals surface area contributed by atoms with Crippen molar-refractivity contribution in [2.75, 3.05) is 0 Å². The zero-order valence-electron chi connectivity index (χ0n) is 27.5. The molecule has 4 heteroatoms. The van der Waals surface area contributed by atoms with E-state index in [0.29, 0.717) is 6.54 Å². The number of aromatic nitrogens is 2. The predicted octanol–water partition coefficient (Wildman–Crippen LogP) is 10.5. The number of para-hydroxylation sites is 3. The quantitative estimate of drug-likeness (QED) is 0.194. The molecule has 234 valence electrons. The molecule has 0 saturated heterocycles. The number of nitrogens with zero attached hydrogens (tertiary/aromatic N) is 2. The molecule has 0 fully saturated rings. The van der Waals surface area contributed by atoms with E-state index in [1.165, 1.54) is 60.3 Å². The number of hydrogen-bond donors (Lipinski definition) is 2. The van der Waals surface area contributed by atoms with E-state index in [1.807, 2.05) is 13.0 Å². The third-order valence-electron chi connectivity index (χ3n) is 9.92. The van der Waals surface area contributed by atoms with Crippen LogP contribution in [0.3, 0.4) is 0 Å². The van der Waals surface area contributed by atoms with Gasteiger partial charge in [-0.1, -0.05) is 91.0 Å². The van der Waals surface area contributed by atoms with Gasteiger partial charge in [0.05, 0.1) is 16.6 Å². The monoisotopic (exact) mass is 622 g/mol. The molecule has 1 aliphatic carbocycles. The minimum absolute atomic E-state index is 0.688. The molecule has 4 nitrogen and oxygen atoms in total. The number of allylic oxidation sites excluding steroid dienone is 7. The summed E-state index contributed by atoms with van der Waals surface area (Å²) in [4.78, 5) is 0. The zero-order chi connectivity index (χ0) is 32.9. The first-order valence-electron chi connectivity index (χ1n) is 16.6. The Balaban J connectivity index is 1.29. The van der Waals surface area contributed by atoms with Crippen molar-refractivity contribution in [1.82, 2.24) is 9.13 Å². The minimum atomic E-state index is 0.688. The third-order valence-corrected chi connectivity index (χ3v) is 9.92. The van der Waals surface area contributed by atoms with Crippen LogP contribution >= 0.6 is 0 Å². The van der Waals surface area contributed by atoms with Gasteiger partial charge < -0.3 is 20.6 Å². The van der Waals surface area contributed by atoms with Crippen LogP contribution in [0.1, 0.15) is 20.8 Å². The highest BCUT2D eigenvalue weighted by Crippen LogP contribution is 2.41. The summed E-state index contributed by atoms with van der Waals surface area (Å²) in [7, 11) is 0. The van der Waals surface area contributed by atoms with Crippen molar-refractivity contribution in [3.8, 4) is 16.8 Å². The van der Waals surface area contributed by atoms with E-state index >= 15 is 0 Å². The number of hydrogen-bond acceptors (Lipinski definition) is 2. The minimum Gasteiger partial charge on any atom is -0.404 e. The van der Waals surface area contributed by atoms with E-state index in [0.717, 1.165) is 33.7 Å².